The minimum Gasteiger partial charge on any atom is -0.489 e. The van der Waals surface area contributed by atoms with Crippen LogP contribution in [0, 0.1) is 0 Å². The Bertz CT molecular complexity index is 1670. The Hall–Kier alpha value is -5.51. The maximum Gasteiger partial charge on any atom is 0.335 e. The van der Waals surface area contributed by atoms with Gasteiger partial charge in [-0.3, -0.25) is 9.59 Å². The lowest BCUT2D eigenvalue weighted by Gasteiger charge is -2.18. The van der Waals surface area contributed by atoms with E-state index in [1.54, 1.807) is 30.3 Å². The number of carbonyl (C=O) groups excluding carboxylic acids is 2. The van der Waals surface area contributed by atoms with Crippen molar-refractivity contribution in [1.29, 1.82) is 0 Å². The van der Waals surface area contributed by atoms with Crippen LogP contribution in [0.3, 0.4) is 0 Å². The highest BCUT2D eigenvalue weighted by molar-refractivity contribution is 6.08. The number of carboxylic acids is 1. The van der Waals surface area contributed by atoms with E-state index in [0.29, 0.717) is 34.8 Å². The lowest BCUT2D eigenvalue weighted by Crippen LogP contribution is -2.17. The van der Waals surface area contributed by atoms with Gasteiger partial charge in [-0.15, -0.1) is 0 Å². The number of ether oxygens (including phenoxy) is 3. The van der Waals surface area contributed by atoms with Crippen LogP contribution in [0.1, 0.15) is 70.8 Å². The van der Waals surface area contributed by atoms with Gasteiger partial charge in [-0.05, 0) is 87.4 Å². The predicted molar refractivity (Wildman–Crippen MR) is 174 cm³/mol. The van der Waals surface area contributed by atoms with Crippen molar-refractivity contribution >= 4 is 34.8 Å². The van der Waals surface area contributed by atoms with Gasteiger partial charge in [-0.25, -0.2) is 4.79 Å². The molecule has 4 rings (SSSR count). The van der Waals surface area contributed by atoms with Gasteiger partial charge in [-0.1, -0.05) is 37.3 Å². The van der Waals surface area contributed by atoms with Crippen molar-refractivity contribution in [3.8, 4) is 17.2 Å². The van der Waals surface area contributed by atoms with Crippen molar-refractivity contribution in [2.75, 3.05) is 16.4 Å². The van der Waals surface area contributed by atoms with Crippen molar-refractivity contribution < 1.29 is 33.7 Å². The molecular formula is C35H37N3O7. The number of carboxylic acid groups (broad SMARTS) is 1. The molecule has 45 heavy (non-hydrogen) atoms. The second-order valence-corrected chi connectivity index (χ2v) is 10.7. The first-order valence-electron chi connectivity index (χ1n) is 14.6. The number of nitrogens with two attached hydrogens (primary N) is 1. The molecule has 0 aliphatic heterocycles. The molecule has 10 nitrogen and oxygen atoms in total. The smallest absolute Gasteiger partial charge is 0.335 e. The molecule has 0 fully saturated rings. The van der Waals surface area contributed by atoms with Gasteiger partial charge in [0, 0.05) is 11.1 Å². The van der Waals surface area contributed by atoms with Crippen molar-refractivity contribution in [1.82, 2.24) is 0 Å². The molecule has 2 amide bonds. The van der Waals surface area contributed by atoms with Crippen molar-refractivity contribution in [2.24, 2.45) is 0 Å². The Morgan fingerprint density at radius 2 is 1.29 bits per heavy atom. The van der Waals surface area contributed by atoms with Crippen LogP contribution in [0.15, 0.2) is 84.9 Å². The summed E-state index contributed by atoms with van der Waals surface area (Å²) in [7, 11) is 0. The molecule has 0 heterocycles. The molecule has 234 valence electrons. The van der Waals surface area contributed by atoms with E-state index in [-0.39, 0.29) is 41.4 Å². The van der Waals surface area contributed by atoms with Crippen LogP contribution in [0.25, 0.3) is 0 Å². The quantitative estimate of drug-likeness (QED) is 0.118. The number of hydrogen-bond donors (Lipinski definition) is 4. The van der Waals surface area contributed by atoms with Gasteiger partial charge in [0.15, 0.2) is 0 Å². The van der Waals surface area contributed by atoms with Crippen molar-refractivity contribution in [2.45, 2.75) is 52.9 Å². The third-order valence-electron chi connectivity index (χ3n) is 6.75. The third kappa shape index (κ3) is 8.76. The molecule has 1 atom stereocenters. The lowest BCUT2D eigenvalue weighted by atomic mass is 10.1. The van der Waals surface area contributed by atoms with E-state index in [4.69, 9.17) is 19.9 Å². The largest absolute Gasteiger partial charge is 0.489 e. The summed E-state index contributed by atoms with van der Waals surface area (Å²) in [6.07, 6.45) is 0.345. The zero-order valence-electron chi connectivity index (χ0n) is 25.6. The maximum absolute atomic E-state index is 13.4. The van der Waals surface area contributed by atoms with Gasteiger partial charge in [0.1, 0.15) is 23.9 Å². The second kappa shape index (κ2) is 14.8. The fourth-order valence-electron chi connectivity index (χ4n) is 4.20. The number of anilines is 3. The number of benzene rings is 4. The molecule has 4 aromatic rings. The average Bonchev–Trinajstić information content (AvgIpc) is 3.02. The van der Waals surface area contributed by atoms with Gasteiger partial charge < -0.3 is 35.7 Å². The molecule has 5 N–H and O–H groups in total. The minimum atomic E-state index is -1.11. The monoisotopic (exact) mass is 611 g/mol. The highest BCUT2D eigenvalue weighted by Crippen LogP contribution is 2.32. The Morgan fingerprint density at radius 3 is 1.89 bits per heavy atom. The van der Waals surface area contributed by atoms with Crippen LogP contribution in [0.4, 0.5) is 17.1 Å². The molecule has 0 saturated heterocycles. The molecule has 0 bridgehead atoms. The van der Waals surface area contributed by atoms with E-state index in [2.05, 4.69) is 10.6 Å². The van der Waals surface area contributed by atoms with E-state index >= 15 is 0 Å². The Labute approximate surface area is 262 Å². The summed E-state index contributed by atoms with van der Waals surface area (Å²) >= 11 is 0. The molecule has 1 unspecified atom stereocenters. The zero-order valence-corrected chi connectivity index (χ0v) is 25.6. The third-order valence-corrected chi connectivity index (χ3v) is 6.75. The molecular weight excluding hydrogens is 574 g/mol. The van der Waals surface area contributed by atoms with Crippen LogP contribution >= 0.6 is 0 Å². The van der Waals surface area contributed by atoms with Crippen LogP contribution in [-0.2, 0) is 6.61 Å². The van der Waals surface area contributed by atoms with Gasteiger partial charge >= 0.3 is 5.97 Å². The van der Waals surface area contributed by atoms with Gasteiger partial charge in [0.25, 0.3) is 11.8 Å². The molecule has 10 heteroatoms. The van der Waals surface area contributed by atoms with Gasteiger partial charge in [-0.2, -0.15) is 0 Å². The number of aromatic carboxylic acids is 1. The first kappa shape index (κ1) is 32.4. The summed E-state index contributed by atoms with van der Waals surface area (Å²) in [5.41, 5.74) is 8.60. The summed E-state index contributed by atoms with van der Waals surface area (Å²) in [5.74, 6) is -1.10. The molecule has 4 aromatic carbocycles. The fourth-order valence-corrected chi connectivity index (χ4v) is 4.20. The van der Waals surface area contributed by atoms with E-state index < -0.39 is 17.8 Å². The van der Waals surface area contributed by atoms with Crippen molar-refractivity contribution in [3.05, 3.63) is 107 Å². The number of rotatable bonds is 13. The van der Waals surface area contributed by atoms with Crippen LogP contribution in [0.2, 0.25) is 0 Å². The lowest BCUT2D eigenvalue weighted by molar-refractivity contribution is 0.0695. The van der Waals surface area contributed by atoms with Crippen molar-refractivity contribution in [3.63, 3.8) is 0 Å². The number of nitrogen functional groups attached to an aromatic ring is 1. The predicted octanol–water partition coefficient (Wildman–Crippen LogP) is 7.02. The standard InChI is InChI=1S/C35H37N3O7/c1-5-22(4)45-32-19-26(35(41)42)13-16-29(32)38-34(40)25-12-15-28(31(18-25)43-20-23-9-7-6-8-10-23)37-33(39)24-11-14-27(36)30(17-24)44-21(2)3/h6-19,21-22H,5,20,36H2,1-4H3,(H,37,39)(H,38,40)(H,41,42). The van der Waals surface area contributed by atoms with Crippen LogP contribution < -0.4 is 30.6 Å². The normalized spacial score (nSPS) is 11.4. The first-order valence-corrected chi connectivity index (χ1v) is 14.6. The highest BCUT2D eigenvalue weighted by Gasteiger charge is 2.18. The topological polar surface area (TPSA) is 149 Å². The Kier molecular flexibility index (Phi) is 10.6. The summed E-state index contributed by atoms with van der Waals surface area (Å²) in [6.45, 7) is 7.71. The Morgan fingerprint density at radius 1 is 0.733 bits per heavy atom. The molecule has 0 aromatic heterocycles. The van der Waals surface area contributed by atoms with Gasteiger partial charge in [0.2, 0.25) is 0 Å². The average molecular weight is 612 g/mol. The number of nitrogens with one attached hydrogen (secondary N) is 2. The highest BCUT2D eigenvalue weighted by atomic mass is 16.5. The SMILES string of the molecule is CCC(C)Oc1cc(C(=O)O)ccc1NC(=O)c1ccc(NC(=O)c2ccc(N)c(OC(C)C)c2)c(OCc2ccccc2)c1. The maximum atomic E-state index is 13.4. The van der Waals surface area contributed by atoms with E-state index in [1.165, 1.54) is 24.3 Å². The number of amides is 2. The molecule has 0 saturated carbocycles. The molecule has 0 radical (unpaired) electrons. The zero-order chi connectivity index (χ0) is 32.5. The number of hydrogen-bond acceptors (Lipinski definition) is 7. The Balaban J connectivity index is 1.62. The summed E-state index contributed by atoms with van der Waals surface area (Å²) in [4.78, 5) is 38.2. The van der Waals surface area contributed by atoms with E-state index in [1.807, 2.05) is 58.0 Å². The minimum absolute atomic E-state index is 0.0342. The first-order chi connectivity index (χ1) is 21.5. The summed E-state index contributed by atoms with van der Waals surface area (Å²) < 4.78 is 17.7. The van der Waals surface area contributed by atoms with Crippen LogP contribution in [-0.4, -0.2) is 35.1 Å². The molecule has 0 aliphatic rings. The van der Waals surface area contributed by atoms with Gasteiger partial charge in [0.05, 0.1) is 34.8 Å². The summed E-state index contributed by atoms with van der Waals surface area (Å²) in [6, 6.07) is 23.2. The van der Waals surface area contributed by atoms with Crippen LogP contribution in [0.5, 0.6) is 17.2 Å². The number of carbonyl (C=O) groups is 3. The van der Waals surface area contributed by atoms with E-state index in [9.17, 15) is 19.5 Å². The second-order valence-electron chi connectivity index (χ2n) is 10.7. The molecule has 0 aliphatic carbocycles. The molecule has 0 spiro atoms. The fraction of sp³-hybridized carbons (Fsp3) is 0.229. The van der Waals surface area contributed by atoms with E-state index in [0.717, 1.165) is 5.56 Å². The summed E-state index contributed by atoms with van der Waals surface area (Å²) in [5, 5.41) is 15.1.